The summed E-state index contributed by atoms with van der Waals surface area (Å²) in [6.07, 6.45) is 0.856. The summed E-state index contributed by atoms with van der Waals surface area (Å²) in [5.41, 5.74) is 5.34. The highest BCUT2D eigenvalue weighted by atomic mass is 16.5. The van der Waals surface area contributed by atoms with Crippen molar-refractivity contribution in [2.45, 2.75) is 19.0 Å². The number of urea groups is 1. The number of aliphatic carboxylic acids is 1. The molecule has 18 heavy (non-hydrogen) atoms. The van der Waals surface area contributed by atoms with E-state index in [0.717, 1.165) is 0 Å². The zero-order valence-electron chi connectivity index (χ0n) is 9.25. The standard InChI is InChI=1S/C9H12N4O5/c10-7(14)3-6(8(15)16)12-9(17)11-4-5-1-2-18-13-5/h1-2,6H,3-4H2,(H2,10,14)(H,15,16)(H2,11,12,17)/t6-/m1/s1. The number of nitrogens with two attached hydrogens (primary N) is 1. The third kappa shape index (κ3) is 4.51. The first-order valence-electron chi connectivity index (χ1n) is 4.93. The number of nitrogens with one attached hydrogen (secondary N) is 2. The van der Waals surface area contributed by atoms with E-state index in [1.165, 1.54) is 6.26 Å². The Bertz CT molecular complexity index is 430. The zero-order chi connectivity index (χ0) is 13.5. The molecule has 9 nitrogen and oxygen atoms in total. The van der Waals surface area contributed by atoms with Gasteiger partial charge in [-0.15, -0.1) is 0 Å². The van der Waals surface area contributed by atoms with Gasteiger partial charge in [0.05, 0.1) is 13.0 Å². The molecule has 3 amide bonds. The zero-order valence-corrected chi connectivity index (χ0v) is 9.25. The minimum Gasteiger partial charge on any atom is -0.480 e. The molecule has 9 heteroatoms. The van der Waals surface area contributed by atoms with E-state index in [1.807, 2.05) is 0 Å². The fraction of sp³-hybridized carbons (Fsp3) is 0.333. The second kappa shape index (κ2) is 6.23. The Kier molecular flexibility index (Phi) is 4.67. The first kappa shape index (κ1) is 13.5. The van der Waals surface area contributed by atoms with E-state index in [0.29, 0.717) is 5.69 Å². The maximum atomic E-state index is 11.3. The average molecular weight is 256 g/mol. The van der Waals surface area contributed by atoms with Gasteiger partial charge in [0, 0.05) is 6.07 Å². The minimum atomic E-state index is -1.36. The van der Waals surface area contributed by atoms with Crippen LogP contribution in [0.3, 0.4) is 0 Å². The highest BCUT2D eigenvalue weighted by Gasteiger charge is 2.21. The van der Waals surface area contributed by atoms with E-state index in [4.69, 9.17) is 10.8 Å². The van der Waals surface area contributed by atoms with Crippen molar-refractivity contribution in [3.05, 3.63) is 18.0 Å². The number of nitrogens with zero attached hydrogens (tertiary/aromatic N) is 1. The number of hydrogen-bond donors (Lipinski definition) is 4. The van der Waals surface area contributed by atoms with Crippen LogP contribution in [0.4, 0.5) is 4.79 Å². The Balaban J connectivity index is 2.41. The Labute approximate surface area is 101 Å². The summed E-state index contributed by atoms with van der Waals surface area (Å²) in [5.74, 6) is -2.16. The molecular formula is C9H12N4O5. The van der Waals surface area contributed by atoms with Gasteiger partial charge in [0.1, 0.15) is 18.0 Å². The molecule has 1 rings (SSSR count). The summed E-state index contributed by atoms with van der Waals surface area (Å²) < 4.78 is 4.54. The predicted octanol–water partition coefficient (Wildman–Crippen LogP) is -1.20. The monoisotopic (exact) mass is 256 g/mol. The molecule has 5 N–H and O–H groups in total. The predicted molar refractivity (Wildman–Crippen MR) is 57.1 cm³/mol. The molecule has 0 aliphatic rings. The third-order valence-corrected chi connectivity index (χ3v) is 1.93. The summed E-state index contributed by atoms with van der Waals surface area (Å²) in [6, 6.07) is -0.565. The van der Waals surface area contributed by atoms with Crippen LogP contribution in [0.1, 0.15) is 12.1 Å². The normalized spacial score (nSPS) is 11.6. The number of carbonyl (C=O) groups is 3. The van der Waals surface area contributed by atoms with Gasteiger partial charge in [-0.3, -0.25) is 4.79 Å². The lowest BCUT2D eigenvalue weighted by molar-refractivity contribution is -0.140. The van der Waals surface area contributed by atoms with Gasteiger partial charge in [-0.2, -0.15) is 0 Å². The molecule has 98 valence electrons. The first-order chi connectivity index (χ1) is 8.49. The van der Waals surface area contributed by atoms with Crippen LogP contribution in [0.15, 0.2) is 16.9 Å². The number of amides is 3. The summed E-state index contributed by atoms with van der Waals surface area (Å²) in [5, 5.41) is 16.7. The van der Waals surface area contributed by atoms with E-state index >= 15 is 0 Å². The van der Waals surface area contributed by atoms with E-state index in [1.54, 1.807) is 6.07 Å². The molecule has 0 unspecified atom stereocenters. The number of primary amides is 1. The van der Waals surface area contributed by atoms with Crippen LogP contribution in [-0.4, -0.2) is 34.2 Å². The number of carboxylic acid groups (broad SMARTS) is 1. The van der Waals surface area contributed by atoms with Crippen molar-refractivity contribution in [2.24, 2.45) is 5.73 Å². The molecule has 0 aliphatic heterocycles. The Morgan fingerprint density at radius 3 is 2.72 bits per heavy atom. The van der Waals surface area contributed by atoms with Crippen molar-refractivity contribution >= 4 is 17.9 Å². The quantitative estimate of drug-likeness (QED) is 0.502. The van der Waals surface area contributed by atoms with Crippen molar-refractivity contribution in [3.8, 4) is 0 Å². The molecular weight excluding hydrogens is 244 g/mol. The van der Waals surface area contributed by atoms with Crippen LogP contribution in [0, 0.1) is 0 Å². The second-order valence-electron chi connectivity index (χ2n) is 3.38. The minimum absolute atomic E-state index is 0.0746. The van der Waals surface area contributed by atoms with Gasteiger partial charge in [0.15, 0.2) is 0 Å². The number of rotatable bonds is 6. The van der Waals surface area contributed by atoms with Crippen LogP contribution in [0.2, 0.25) is 0 Å². The fourth-order valence-corrected chi connectivity index (χ4v) is 1.11. The number of hydrogen-bond acceptors (Lipinski definition) is 5. The van der Waals surface area contributed by atoms with Crippen molar-refractivity contribution in [1.82, 2.24) is 15.8 Å². The molecule has 0 aromatic carbocycles. The summed E-state index contributed by atoms with van der Waals surface area (Å²) >= 11 is 0. The Morgan fingerprint density at radius 1 is 1.50 bits per heavy atom. The smallest absolute Gasteiger partial charge is 0.326 e. The molecule has 1 atom stereocenters. The van der Waals surface area contributed by atoms with Gasteiger partial charge in [-0.1, -0.05) is 5.16 Å². The van der Waals surface area contributed by atoms with E-state index < -0.39 is 30.4 Å². The molecule has 1 heterocycles. The van der Waals surface area contributed by atoms with E-state index in [-0.39, 0.29) is 6.54 Å². The van der Waals surface area contributed by atoms with Gasteiger partial charge in [-0.05, 0) is 0 Å². The lowest BCUT2D eigenvalue weighted by Gasteiger charge is -2.12. The van der Waals surface area contributed by atoms with Gasteiger partial charge in [0.2, 0.25) is 5.91 Å². The molecule has 0 saturated heterocycles. The number of aromatic nitrogens is 1. The first-order valence-corrected chi connectivity index (χ1v) is 4.93. The maximum Gasteiger partial charge on any atom is 0.326 e. The van der Waals surface area contributed by atoms with Gasteiger partial charge in [0.25, 0.3) is 0 Å². The average Bonchev–Trinajstić information content (AvgIpc) is 2.77. The van der Waals surface area contributed by atoms with Crippen molar-refractivity contribution in [2.75, 3.05) is 0 Å². The van der Waals surface area contributed by atoms with Crippen molar-refractivity contribution < 1.29 is 24.0 Å². The van der Waals surface area contributed by atoms with Crippen LogP contribution in [0.5, 0.6) is 0 Å². The lowest BCUT2D eigenvalue weighted by atomic mass is 10.2. The second-order valence-corrected chi connectivity index (χ2v) is 3.38. The summed E-state index contributed by atoms with van der Waals surface area (Å²) in [7, 11) is 0. The lowest BCUT2D eigenvalue weighted by Crippen LogP contribution is -2.47. The van der Waals surface area contributed by atoms with Crippen LogP contribution >= 0.6 is 0 Å². The van der Waals surface area contributed by atoms with Gasteiger partial charge in [-0.25, -0.2) is 9.59 Å². The SMILES string of the molecule is NC(=O)C[C@@H](NC(=O)NCc1ccon1)C(=O)O. The third-order valence-electron chi connectivity index (χ3n) is 1.93. The summed E-state index contributed by atoms with van der Waals surface area (Å²) in [4.78, 5) is 32.7. The Morgan fingerprint density at radius 2 is 2.22 bits per heavy atom. The van der Waals surface area contributed by atoms with Crippen molar-refractivity contribution in [1.29, 1.82) is 0 Å². The van der Waals surface area contributed by atoms with Crippen LogP contribution in [-0.2, 0) is 16.1 Å². The molecule has 0 fully saturated rings. The van der Waals surface area contributed by atoms with E-state index in [2.05, 4.69) is 20.3 Å². The highest BCUT2D eigenvalue weighted by Crippen LogP contribution is 1.94. The van der Waals surface area contributed by atoms with Crippen molar-refractivity contribution in [3.63, 3.8) is 0 Å². The summed E-state index contributed by atoms with van der Waals surface area (Å²) in [6.45, 7) is 0.0746. The van der Waals surface area contributed by atoms with Gasteiger partial charge >= 0.3 is 12.0 Å². The van der Waals surface area contributed by atoms with E-state index in [9.17, 15) is 14.4 Å². The molecule has 0 aliphatic carbocycles. The number of carbonyl (C=O) groups excluding carboxylic acids is 2. The molecule has 1 aromatic heterocycles. The highest BCUT2D eigenvalue weighted by molar-refractivity contribution is 5.87. The molecule has 0 spiro atoms. The number of carboxylic acids is 1. The van der Waals surface area contributed by atoms with Crippen LogP contribution < -0.4 is 16.4 Å². The van der Waals surface area contributed by atoms with Crippen LogP contribution in [0.25, 0.3) is 0 Å². The Hall–Kier alpha value is -2.58. The molecule has 0 bridgehead atoms. The fourth-order valence-electron chi connectivity index (χ4n) is 1.11. The molecule has 0 radical (unpaired) electrons. The van der Waals surface area contributed by atoms with Gasteiger partial charge < -0.3 is 26.0 Å². The molecule has 0 saturated carbocycles. The molecule has 1 aromatic rings. The largest absolute Gasteiger partial charge is 0.480 e. The maximum absolute atomic E-state index is 11.3. The topological polar surface area (TPSA) is 148 Å².